The SMILES string of the molecule is CN1C(=O)C2=C(c3ccccc3)N(c3ccc(C(F)(F)F)cc3)C(=O)C2=C1c1ccccc1. The van der Waals surface area contributed by atoms with E-state index in [1.165, 1.54) is 21.9 Å². The third-order valence-electron chi connectivity index (χ3n) is 5.77. The molecule has 7 heteroatoms. The number of halogens is 3. The number of carbonyl (C=O) groups is 2. The molecule has 4 nitrogen and oxygen atoms in total. The average Bonchev–Trinajstić information content (AvgIpc) is 3.26. The molecule has 0 saturated carbocycles. The van der Waals surface area contributed by atoms with Gasteiger partial charge in [-0.05, 0) is 35.4 Å². The lowest BCUT2D eigenvalue weighted by Crippen LogP contribution is -2.28. The Kier molecular flexibility index (Phi) is 4.70. The number of rotatable bonds is 3. The first-order valence-corrected chi connectivity index (χ1v) is 10.2. The minimum atomic E-state index is -4.49. The first kappa shape index (κ1) is 20.8. The van der Waals surface area contributed by atoms with Crippen LogP contribution in [-0.2, 0) is 15.8 Å². The lowest BCUT2D eigenvalue weighted by atomic mass is 10.0. The van der Waals surface area contributed by atoms with Crippen molar-refractivity contribution in [3.8, 4) is 0 Å². The van der Waals surface area contributed by atoms with Gasteiger partial charge in [-0.15, -0.1) is 0 Å². The Bertz CT molecular complexity index is 1330. The fourth-order valence-corrected chi connectivity index (χ4v) is 4.26. The summed E-state index contributed by atoms with van der Waals surface area (Å²) in [4.78, 5) is 29.9. The van der Waals surface area contributed by atoms with E-state index in [2.05, 4.69) is 0 Å². The van der Waals surface area contributed by atoms with E-state index < -0.39 is 17.6 Å². The minimum absolute atomic E-state index is 0.243. The van der Waals surface area contributed by atoms with Crippen molar-refractivity contribution in [3.05, 3.63) is 113 Å². The van der Waals surface area contributed by atoms with Gasteiger partial charge < -0.3 is 4.90 Å². The van der Waals surface area contributed by atoms with Gasteiger partial charge in [0, 0.05) is 12.7 Å². The molecule has 5 rings (SSSR count). The van der Waals surface area contributed by atoms with Gasteiger partial charge in [-0.2, -0.15) is 13.2 Å². The molecule has 2 amide bonds. The summed E-state index contributed by atoms with van der Waals surface area (Å²) < 4.78 is 39.3. The summed E-state index contributed by atoms with van der Waals surface area (Å²) in [5, 5.41) is 0. The first-order valence-electron chi connectivity index (χ1n) is 10.2. The van der Waals surface area contributed by atoms with Crippen molar-refractivity contribution in [2.45, 2.75) is 6.18 Å². The van der Waals surface area contributed by atoms with Crippen LogP contribution in [0.1, 0.15) is 16.7 Å². The molecule has 0 bridgehead atoms. The number of hydrogen-bond acceptors (Lipinski definition) is 2. The molecule has 2 aliphatic rings. The second-order valence-corrected chi connectivity index (χ2v) is 7.73. The van der Waals surface area contributed by atoms with E-state index in [9.17, 15) is 22.8 Å². The monoisotopic (exact) mass is 446 g/mol. The smallest absolute Gasteiger partial charge is 0.310 e. The van der Waals surface area contributed by atoms with E-state index in [0.717, 1.165) is 12.1 Å². The van der Waals surface area contributed by atoms with Gasteiger partial charge in [-0.1, -0.05) is 60.7 Å². The van der Waals surface area contributed by atoms with Gasteiger partial charge in [0.05, 0.1) is 28.1 Å². The van der Waals surface area contributed by atoms with Crippen molar-refractivity contribution in [3.63, 3.8) is 0 Å². The van der Waals surface area contributed by atoms with Crippen LogP contribution in [0.5, 0.6) is 0 Å². The summed E-state index contributed by atoms with van der Waals surface area (Å²) in [7, 11) is 1.61. The maximum atomic E-state index is 13.8. The van der Waals surface area contributed by atoms with Crippen LogP contribution in [0.15, 0.2) is 96.1 Å². The van der Waals surface area contributed by atoms with Gasteiger partial charge in [0.2, 0.25) is 0 Å². The van der Waals surface area contributed by atoms with Crippen molar-refractivity contribution in [1.29, 1.82) is 0 Å². The highest BCUT2D eigenvalue weighted by molar-refractivity contribution is 6.36. The molecule has 164 valence electrons. The maximum Gasteiger partial charge on any atom is 0.416 e. The lowest BCUT2D eigenvalue weighted by molar-refractivity contribution is -0.137. The molecule has 0 unspecified atom stereocenters. The molecule has 33 heavy (non-hydrogen) atoms. The summed E-state index contributed by atoms with van der Waals surface area (Å²) in [6.07, 6.45) is -4.49. The van der Waals surface area contributed by atoms with Gasteiger partial charge in [-0.3, -0.25) is 14.5 Å². The molecular weight excluding hydrogens is 429 g/mol. The zero-order chi connectivity index (χ0) is 23.3. The number of hydrogen-bond donors (Lipinski definition) is 0. The average molecular weight is 446 g/mol. The van der Waals surface area contributed by atoms with Crippen LogP contribution in [0.25, 0.3) is 11.4 Å². The number of nitrogens with zero attached hydrogens (tertiary/aromatic N) is 2. The zero-order valence-electron chi connectivity index (χ0n) is 17.4. The predicted molar refractivity (Wildman–Crippen MR) is 118 cm³/mol. The molecule has 3 aromatic carbocycles. The summed E-state index contributed by atoms with van der Waals surface area (Å²) >= 11 is 0. The maximum absolute atomic E-state index is 13.8. The molecule has 0 fully saturated rings. The van der Waals surface area contributed by atoms with Crippen molar-refractivity contribution >= 4 is 28.9 Å². The van der Waals surface area contributed by atoms with Crippen molar-refractivity contribution in [2.24, 2.45) is 0 Å². The molecule has 3 aromatic rings. The molecule has 0 atom stereocenters. The van der Waals surface area contributed by atoms with Crippen LogP contribution in [0.4, 0.5) is 18.9 Å². The van der Waals surface area contributed by atoms with Crippen LogP contribution in [0.2, 0.25) is 0 Å². The number of benzene rings is 3. The van der Waals surface area contributed by atoms with Gasteiger partial charge in [0.25, 0.3) is 11.8 Å². The van der Waals surface area contributed by atoms with Crippen LogP contribution in [0, 0.1) is 0 Å². The zero-order valence-corrected chi connectivity index (χ0v) is 17.4. The van der Waals surface area contributed by atoms with E-state index in [1.54, 1.807) is 31.3 Å². The minimum Gasteiger partial charge on any atom is -0.310 e. The molecular formula is C26H17F3N2O2. The van der Waals surface area contributed by atoms with Crippen molar-refractivity contribution in [1.82, 2.24) is 4.90 Å². The quantitative estimate of drug-likeness (QED) is 0.545. The van der Waals surface area contributed by atoms with E-state index in [0.29, 0.717) is 22.5 Å². The van der Waals surface area contributed by atoms with Crippen LogP contribution < -0.4 is 4.90 Å². The third kappa shape index (κ3) is 3.24. The number of alkyl halides is 3. The summed E-state index contributed by atoms with van der Waals surface area (Å²) in [5.41, 5.74) is 2.08. The molecule has 0 saturated heterocycles. The highest BCUT2D eigenvalue weighted by Crippen LogP contribution is 2.47. The highest BCUT2D eigenvalue weighted by atomic mass is 19.4. The molecule has 0 spiro atoms. The first-order chi connectivity index (χ1) is 15.8. The van der Waals surface area contributed by atoms with E-state index in [-0.39, 0.29) is 22.7 Å². The van der Waals surface area contributed by atoms with Crippen molar-refractivity contribution < 1.29 is 22.8 Å². The highest BCUT2D eigenvalue weighted by Gasteiger charge is 2.48. The van der Waals surface area contributed by atoms with Gasteiger partial charge in [0.15, 0.2) is 0 Å². The Balaban J connectivity index is 1.75. The fraction of sp³-hybridized carbons (Fsp3) is 0.0769. The summed E-state index contributed by atoms with van der Waals surface area (Å²) in [5.74, 6) is -0.800. The van der Waals surface area contributed by atoms with E-state index in [4.69, 9.17) is 0 Å². The van der Waals surface area contributed by atoms with E-state index in [1.807, 2.05) is 36.4 Å². The van der Waals surface area contributed by atoms with Gasteiger partial charge in [0.1, 0.15) is 0 Å². The molecule has 2 aliphatic heterocycles. The summed E-state index contributed by atoms with van der Waals surface area (Å²) in [6, 6.07) is 22.4. The second kappa shape index (κ2) is 7.48. The standard InChI is InChI=1S/C26H17F3N2O2/c1-30-22(16-8-4-2-5-9-16)20-21(24(30)32)23(17-10-6-3-7-11-17)31(25(20)33)19-14-12-18(13-15-19)26(27,28)29/h2-15H,1H3. The Labute approximate surface area is 187 Å². The number of amides is 2. The molecule has 2 heterocycles. The van der Waals surface area contributed by atoms with Gasteiger partial charge >= 0.3 is 6.18 Å². The molecule has 0 N–H and O–H groups in total. The Hall–Kier alpha value is -4.13. The van der Waals surface area contributed by atoms with Crippen LogP contribution in [0.3, 0.4) is 0 Å². The molecule has 0 aromatic heterocycles. The molecule has 0 radical (unpaired) electrons. The number of carbonyl (C=O) groups excluding carboxylic acids is 2. The number of likely N-dealkylation sites (N-methyl/N-ethyl adjacent to an activating group) is 1. The fourth-order valence-electron chi connectivity index (χ4n) is 4.26. The van der Waals surface area contributed by atoms with Gasteiger partial charge in [-0.25, -0.2) is 0 Å². The Morgan fingerprint density at radius 1 is 0.636 bits per heavy atom. The van der Waals surface area contributed by atoms with Crippen LogP contribution in [-0.4, -0.2) is 23.8 Å². The largest absolute Gasteiger partial charge is 0.416 e. The second-order valence-electron chi connectivity index (χ2n) is 7.73. The number of anilines is 1. The predicted octanol–water partition coefficient (Wildman–Crippen LogP) is 5.35. The normalized spacial score (nSPS) is 16.2. The number of fused-ring (bicyclic) bond motifs is 1. The van der Waals surface area contributed by atoms with Crippen molar-refractivity contribution in [2.75, 3.05) is 11.9 Å². The van der Waals surface area contributed by atoms with E-state index >= 15 is 0 Å². The third-order valence-corrected chi connectivity index (χ3v) is 5.77. The Morgan fingerprint density at radius 2 is 1.12 bits per heavy atom. The van der Waals surface area contributed by atoms with Crippen LogP contribution >= 0.6 is 0 Å². The molecule has 0 aliphatic carbocycles. The topological polar surface area (TPSA) is 40.6 Å². The summed E-state index contributed by atoms with van der Waals surface area (Å²) in [6.45, 7) is 0. The Morgan fingerprint density at radius 3 is 1.64 bits per heavy atom. The lowest BCUT2D eigenvalue weighted by Gasteiger charge is -2.24.